The Morgan fingerprint density at radius 2 is 2.00 bits per heavy atom. The Morgan fingerprint density at radius 1 is 1.30 bits per heavy atom. The molecule has 0 saturated carbocycles. The maximum atomic E-state index is 13.4. The Kier molecular flexibility index (Phi) is 3.69. The van der Waals surface area contributed by atoms with Crippen molar-refractivity contribution < 1.29 is 27.5 Å². The monoisotopic (exact) mass is 285 g/mol. The highest BCUT2D eigenvalue weighted by Crippen LogP contribution is 2.21. The SMILES string of the molecule is Cc1cc(CNc2cc(F)cc(F)c2F)oc1C(=O)O. The summed E-state index contributed by atoms with van der Waals surface area (Å²) >= 11 is 0. The van der Waals surface area contributed by atoms with Crippen LogP contribution in [-0.2, 0) is 6.54 Å². The fourth-order valence-electron chi connectivity index (χ4n) is 1.71. The molecule has 106 valence electrons. The summed E-state index contributed by atoms with van der Waals surface area (Å²) in [5, 5.41) is 11.3. The van der Waals surface area contributed by atoms with Gasteiger partial charge in [0.05, 0.1) is 12.2 Å². The summed E-state index contributed by atoms with van der Waals surface area (Å²) in [5.41, 5.74) is 0.0358. The first kappa shape index (κ1) is 14.0. The van der Waals surface area contributed by atoms with E-state index in [4.69, 9.17) is 9.52 Å². The van der Waals surface area contributed by atoms with Gasteiger partial charge in [0.15, 0.2) is 11.6 Å². The van der Waals surface area contributed by atoms with E-state index in [9.17, 15) is 18.0 Å². The fourth-order valence-corrected chi connectivity index (χ4v) is 1.71. The number of carboxylic acid groups (broad SMARTS) is 1. The van der Waals surface area contributed by atoms with Gasteiger partial charge in [-0.05, 0) is 13.0 Å². The summed E-state index contributed by atoms with van der Waals surface area (Å²) in [4.78, 5) is 10.8. The molecule has 1 aromatic carbocycles. The Labute approximate surface area is 111 Å². The number of benzene rings is 1. The second kappa shape index (κ2) is 5.28. The Balaban J connectivity index is 2.17. The number of anilines is 1. The molecule has 0 amide bonds. The summed E-state index contributed by atoms with van der Waals surface area (Å²) in [6, 6.07) is 2.68. The zero-order valence-electron chi connectivity index (χ0n) is 10.3. The molecule has 0 radical (unpaired) electrons. The Hall–Kier alpha value is -2.44. The Morgan fingerprint density at radius 3 is 2.60 bits per heavy atom. The van der Waals surface area contributed by atoms with Crippen LogP contribution in [-0.4, -0.2) is 11.1 Å². The third kappa shape index (κ3) is 2.76. The molecule has 0 spiro atoms. The lowest BCUT2D eigenvalue weighted by atomic mass is 10.2. The zero-order valence-corrected chi connectivity index (χ0v) is 10.3. The molecule has 0 atom stereocenters. The van der Waals surface area contributed by atoms with Gasteiger partial charge in [-0.3, -0.25) is 0 Å². The van der Waals surface area contributed by atoms with Gasteiger partial charge in [0.2, 0.25) is 5.76 Å². The van der Waals surface area contributed by atoms with Crippen LogP contribution < -0.4 is 5.32 Å². The van der Waals surface area contributed by atoms with E-state index in [-0.39, 0.29) is 23.8 Å². The normalized spacial score (nSPS) is 10.6. The number of hydrogen-bond donors (Lipinski definition) is 2. The van der Waals surface area contributed by atoms with Gasteiger partial charge in [-0.25, -0.2) is 18.0 Å². The number of aryl methyl sites for hydroxylation is 1. The maximum Gasteiger partial charge on any atom is 0.372 e. The van der Waals surface area contributed by atoms with Crippen molar-refractivity contribution in [2.75, 3.05) is 5.32 Å². The summed E-state index contributed by atoms with van der Waals surface area (Å²) in [5.74, 6) is -4.69. The lowest BCUT2D eigenvalue weighted by molar-refractivity contribution is 0.0659. The smallest absolute Gasteiger partial charge is 0.372 e. The number of furan rings is 1. The van der Waals surface area contributed by atoms with Crippen molar-refractivity contribution in [1.29, 1.82) is 0 Å². The van der Waals surface area contributed by atoms with Crippen molar-refractivity contribution in [2.24, 2.45) is 0 Å². The number of nitrogens with one attached hydrogen (secondary N) is 1. The summed E-state index contributed by atoms with van der Waals surface area (Å²) in [6.45, 7) is 1.44. The van der Waals surface area contributed by atoms with E-state index in [0.29, 0.717) is 11.6 Å². The first-order valence-electron chi connectivity index (χ1n) is 5.59. The van der Waals surface area contributed by atoms with Gasteiger partial charge in [0, 0.05) is 17.7 Å². The van der Waals surface area contributed by atoms with Crippen LogP contribution in [0.1, 0.15) is 21.9 Å². The minimum atomic E-state index is -1.31. The van der Waals surface area contributed by atoms with Crippen molar-refractivity contribution in [1.82, 2.24) is 0 Å². The van der Waals surface area contributed by atoms with Crippen molar-refractivity contribution in [3.63, 3.8) is 0 Å². The number of hydrogen-bond acceptors (Lipinski definition) is 3. The molecule has 0 saturated heterocycles. The van der Waals surface area contributed by atoms with E-state index in [0.717, 1.165) is 6.07 Å². The van der Waals surface area contributed by atoms with Crippen molar-refractivity contribution in [2.45, 2.75) is 13.5 Å². The number of aromatic carboxylic acids is 1. The number of halogens is 3. The van der Waals surface area contributed by atoms with Crippen LogP contribution in [0.2, 0.25) is 0 Å². The first-order valence-corrected chi connectivity index (χ1v) is 5.59. The molecule has 2 rings (SSSR count). The summed E-state index contributed by atoms with van der Waals surface area (Å²) in [6.07, 6.45) is 0. The average Bonchev–Trinajstić information content (AvgIpc) is 2.73. The standard InChI is InChI=1S/C13H10F3NO3/c1-6-2-8(20-12(6)13(18)19)5-17-10-4-7(14)3-9(15)11(10)16/h2-4,17H,5H2,1H3,(H,18,19). The van der Waals surface area contributed by atoms with Gasteiger partial charge in [0.1, 0.15) is 11.6 Å². The molecule has 0 aliphatic heterocycles. The van der Waals surface area contributed by atoms with Gasteiger partial charge in [0.25, 0.3) is 0 Å². The molecule has 0 fully saturated rings. The fraction of sp³-hybridized carbons (Fsp3) is 0.154. The number of carboxylic acids is 1. The maximum absolute atomic E-state index is 13.4. The van der Waals surface area contributed by atoms with Gasteiger partial charge < -0.3 is 14.8 Å². The molecule has 20 heavy (non-hydrogen) atoms. The van der Waals surface area contributed by atoms with E-state index in [1.165, 1.54) is 6.07 Å². The molecule has 4 nitrogen and oxygen atoms in total. The van der Waals surface area contributed by atoms with Crippen LogP contribution >= 0.6 is 0 Å². The Bertz CT molecular complexity index is 667. The van der Waals surface area contributed by atoms with Crippen LogP contribution in [0, 0.1) is 24.4 Å². The molecule has 7 heteroatoms. The van der Waals surface area contributed by atoms with E-state index in [2.05, 4.69) is 5.32 Å². The predicted octanol–water partition coefficient (Wildman–Crippen LogP) is 3.32. The third-order valence-corrected chi connectivity index (χ3v) is 2.61. The largest absolute Gasteiger partial charge is 0.475 e. The molecule has 0 aliphatic rings. The van der Waals surface area contributed by atoms with Crippen LogP contribution in [0.4, 0.5) is 18.9 Å². The number of rotatable bonds is 4. The van der Waals surface area contributed by atoms with Crippen molar-refractivity contribution >= 4 is 11.7 Å². The first-order chi connectivity index (χ1) is 9.38. The molecular formula is C13H10F3NO3. The second-order valence-electron chi connectivity index (χ2n) is 4.13. The topological polar surface area (TPSA) is 62.5 Å². The molecule has 1 aromatic heterocycles. The lowest BCUT2D eigenvalue weighted by Crippen LogP contribution is -2.03. The van der Waals surface area contributed by atoms with E-state index in [1.807, 2.05) is 0 Å². The molecule has 0 bridgehead atoms. The minimum absolute atomic E-state index is 0.103. The van der Waals surface area contributed by atoms with Crippen LogP contribution in [0.5, 0.6) is 0 Å². The van der Waals surface area contributed by atoms with Crippen molar-refractivity contribution in [3.8, 4) is 0 Å². The molecule has 0 aliphatic carbocycles. The lowest BCUT2D eigenvalue weighted by Gasteiger charge is -2.06. The van der Waals surface area contributed by atoms with Crippen LogP contribution in [0.25, 0.3) is 0 Å². The van der Waals surface area contributed by atoms with E-state index >= 15 is 0 Å². The summed E-state index contributed by atoms with van der Waals surface area (Å²) < 4.78 is 44.3. The van der Waals surface area contributed by atoms with Crippen molar-refractivity contribution in [3.05, 3.63) is 52.7 Å². The summed E-state index contributed by atoms with van der Waals surface area (Å²) in [7, 11) is 0. The predicted molar refractivity (Wildman–Crippen MR) is 64.0 cm³/mol. The zero-order chi connectivity index (χ0) is 14.9. The third-order valence-electron chi connectivity index (χ3n) is 2.61. The van der Waals surface area contributed by atoms with E-state index < -0.39 is 23.4 Å². The van der Waals surface area contributed by atoms with Gasteiger partial charge in [-0.2, -0.15) is 0 Å². The molecular weight excluding hydrogens is 275 g/mol. The van der Waals surface area contributed by atoms with E-state index in [1.54, 1.807) is 6.92 Å². The van der Waals surface area contributed by atoms with Crippen LogP contribution in [0.3, 0.4) is 0 Å². The average molecular weight is 285 g/mol. The quantitative estimate of drug-likeness (QED) is 0.846. The molecule has 0 unspecified atom stereocenters. The molecule has 1 heterocycles. The molecule has 2 N–H and O–H groups in total. The highest BCUT2D eigenvalue weighted by molar-refractivity contribution is 5.86. The van der Waals surface area contributed by atoms with Gasteiger partial charge in [-0.15, -0.1) is 0 Å². The highest BCUT2D eigenvalue weighted by atomic mass is 19.2. The number of carbonyl (C=O) groups is 1. The minimum Gasteiger partial charge on any atom is -0.475 e. The van der Waals surface area contributed by atoms with Gasteiger partial charge in [-0.1, -0.05) is 0 Å². The second-order valence-corrected chi connectivity index (χ2v) is 4.13. The molecule has 2 aromatic rings. The van der Waals surface area contributed by atoms with Gasteiger partial charge >= 0.3 is 5.97 Å². The highest BCUT2D eigenvalue weighted by Gasteiger charge is 2.15. The van der Waals surface area contributed by atoms with Crippen LogP contribution in [0.15, 0.2) is 22.6 Å².